The number of rotatable bonds is 6. The van der Waals surface area contributed by atoms with Crippen molar-refractivity contribution in [1.29, 1.82) is 0 Å². The lowest BCUT2D eigenvalue weighted by molar-refractivity contribution is -0.136. The van der Waals surface area contributed by atoms with E-state index in [2.05, 4.69) is 10.3 Å². The minimum absolute atomic E-state index is 0.165. The summed E-state index contributed by atoms with van der Waals surface area (Å²) in [6.07, 6.45) is -0.311. The van der Waals surface area contributed by atoms with Gasteiger partial charge in [-0.2, -0.15) is 0 Å². The van der Waals surface area contributed by atoms with Gasteiger partial charge in [0.15, 0.2) is 0 Å². The fourth-order valence-electron chi connectivity index (χ4n) is 1.27. The Bertz CT molecular complexity index is 550. The SMILES string of the molecule is O=C(O)CCNC(=O)c1cc(C(=O)O)nc(C(=O)O)c1. The maximum absolute atomic E-state index is 11.7. The largest absolute Gasteiger partial charge is 0.481 e. The number of aromatic nitrogens is 1. The lowest BCUT2D eigenvalue weighted by Crippen LogP contribution is -2.26. The van der Waals surface area contributed by atoms with E-state index in [0.29, 0.717) is 0 Å². The summed E-state index contributed by atoms with van der Waals surface area (Å²) in [5.41, 5.74) is -1.40. The van der Waals surface area contributed by atoms with Gasteiger partial charge in [-0.1, -0.05) is 0 Å². The molecule has 1 heterocycles. The summed E-state index contributed by atoms with van der Waals surface area (Å²) in [4.78, 5) is 46.9. The zero-order valence-electron chi connectivity index (χ0n) is 9.99. The van der Waals surface area contributed by atoms with Crippen LogP contribution in [0.5, 0.6) is 0 Å². The van der Waals surface area contributed by atoms with Crippen LogP contribution in [0, 0.1) is 0 Å². The monoisotopic (exact) mass is 282 g/mol. The highest BCUT2D eigenvalue weighted by Gasteiger charge is 2.16. The predicted molar refractivity (Wildman–Crippen MR) is 62.7 cm³/mol. The Morgan fingerprint density at radius 1 is 1.00 bits per heavy atom. The van der Waals surface area contributed by atoms with Crippen molar-refractivity contribution in [3.8, 4) is 0 Å². The molecule has 1 amide bonds. The van der Waals surface area contributed by atoms with Gasteiger partial charge in [0.05, 0.1) is 6.42 Å². The highest BCUT2D eigenvalue weighted by molar-refractivity contribution is 5.99. The smallest absolute Gasteiger partial charge is 0.354 e. The quantitative estimate of drug-likeness (QED) is 0.553. The number of nitrogens with zero attached hydrogens (tertiary/aromatic N) is 1. The van der Waals surface area contributed by atoms with E-state index in [1.54, 1.807) is 0 Å². The molecule has 0 spiro atoms. The van der Waals surface area contributed by atoms with Crippen molar-refractivity contribution < 1.29 is 34.5 Å². The van der Waals surface area contributed by atoms with Gasteiger partial charge in [0, 0.05) is 12.1 Å². The molecule has 0 unspecified atom stereocenters. The summed E-state index contributed by atoms with van der Waals surface area (Å²) in [5, 5.41) is 28.2. The molecule has 0 saturated carbocycles. The average molecular weight is 282 g/mol. The van der Waals surface area contributed by atoms with Crippen molar-refractivity contribution in [2.45, 2.75) is 6.42 Å². The highest BCUT2D eigenvalue weighted by atomic mass is 16.4. The molecule has 0 bridgehead atoms. The predicted octanol–water partition coefficient (Wildman–Crippen LogP) is -0.317. The van der Waals surface area contributed by atoms with Gasteiger partial charge < -0.3 is 20.6 Å². The van der Waals surface area contributed by atoms with Crippen molar-refractivity contribution in [3.05, 3.63) is 29.1 Å². The molecule has 0 fully saturated rings. The molecular weight excluding hydrogens is 272 g/mol. The van der Waals surface area contributed by atoms with Crippen LogP contribution in [0.1, 0.15) is 37.8 Å². The first-order chi connectivity index (χ1) is 9.31. The third-order valence-corrected chi connectivity index (χ3v) is 2.15. The van der Waals surface area contributed by atoms with Gasteiger partial charge in [-0.05, 0) is 12.1 Å². The Morgan fingerprint density at radius 2 is 1.50 bits per heavy atom. The van der Waals surface area contributed by atoms with Crippen molar-refractivity contribution in [2.75, 3.05) is 6.54 Å². The second-order valence-electron chi connectivity index (χ2n) is 3.64. The van der Waals surface area contributed by atoms with Crippen molar-refractivity contribution in [1.82, 2.24) is 10.3 Å². The van der Waals surface area contributed by atoms with E-state index in [1.807, 2.05) is 0 Å². The summed E-state index contributed by atoms with van der Waals surface area (Å²) in [6, 6.07) is 1.82. The zero-order valence-corrected chi connectivity index (χ0v) is 9.99. The Kier molecular flexibility index (Phi) is 4.73. The number of pyridine rings is 1. The van der Waals surface area contributed by atoms with E-state index in [1.165, 1.54) is 0 Å². The Balaban J connectivity index is 2.98. The number of carboxylic acids is 3. The summed E-state index contributed by atoms with van der Waals surface area (Å²) in [7, 11) is 0. The van der Waals surface area contributed by atoms with Gasteiger partial charge in [0.1, 0.15) is 11.4 Å². The van der Waals surface area contributed by atoms with Gasteiger partial charge in [0.25, 0.3) is 5.91 Å². The maximum atomic E-state index is 11.7. The normalized spacial score (nSPS) is 9.80. The van der Waals surface area contributed by atoms with Crippen LogP contribution in [0.15, 0.2) is 12.1 Å². The molecule has 106 valence electrons. The molecule has 20 heavy (non-hydrogen) atoms. The van der Waals surface area contributed by atoms with Gasteiger partial charge in [-0.15, -0.1) is 0 Å². The van der Waals surface area contributed by atoms with Crippen LogP contribution in [0.25, 0.3) is 0 Å². The summed E-state index contributed by atoms with van der Waals surface area (Å²) in [5.74, 6) is -4.85. The van der Waals surface area contributed by atoms with E-state index < -0.39 is 35.2 Å². The molecule has 1 aromatic heterocycles. The fraction of sp³-hybridized carbons (Fsp3) is 0.182. The number of carbonyl (C=O) groups is 4. The number of nitrogens with one attached hydrogen (secondary N) is 1. The van der Waals surface area contributed by atoms with Crippen LogP contribution in [-0.2, 0) is 4.79 Å². The summed E-state index contributed by atoms with van der Waals surface area (Å²) >= 11 is 0. The molecular formula is C11H10N2O7. The maximum Gasteiger partial charge on any atom is 0.354 e. The van der Waals surface area contributed by atoms with E-state index >= 15 is 0 Å². The van der Waals surface area contributed by atoms with Crippen LogP contribution < -0.4 is 5.32 Å². The average Bonchev–Trinajstić information content (AvgIpc) is 2.37. The molecule has 9 nitrogen and oxygen atoms in total. The molecule has 0 saturated heterocycles. The molecule has 9 heteroatoms. The summed E-state index contributed by atoms with van der Waals surface area (Å²) < 4.78 is 0. The molecule has 0 aliphatic carbocycles. The molecule has 0 aliphatic heterocycles. The van der Waals surface area contributed by atoms with Gasteiger partial charge in [-0.3, -0.25) is 9.59 Å². The zero-order chi connectivity index (χ0) is 15.3. The van der Waals surface area contributed by atoms with Crippen molar-refractivity contribution in [3.63, 3.8) is 0 Å². The highest BCUT2D eigenvalue weighted by Crippen LogP contribution is 2.07. The fourth-order valence-corrected chi connectivity index (χ4v) is 1.27. The van der Waals surface area contributed by atoms with Crippen LogP contribution in [-0.4, -0.2) is 50.7 Å². The lowest BCUT2D eigenvalue weighted by Gasteiger charge is -2.05. The van der Waals surface area contributed by atoms with Crippen LogP contribution in [0.4, 0.5) is 0 Å². The van der Waals surface area contributed by atoms with E-state index in [-0.39, 0.29) is 18.5 Å². The van der Waals surface area contributed by atoms with Crippen molar-refractivity contribution in [2.24, 2.45) is 0 Å². The lowest BCUT2D eigenvalue weighted by atomic mass is 10.1. The molecule has 1 rings (SSSR count). The number of aliphatic carboxylic acids is 1. The summed E-state index contributed by atoms with van der Waals surface area (Å²) in [6.45, 7) is -0.165. The third kappa shape index (κ3) is 4.05. The molecule has 0 radical (unpaired) electrons. The molecule has 4 N–H and O–H groups in total. The first-order valence-corrected chi connectivity index (χ1v) is 5.30. The Labute approximate surface area is 111 Å². The van der Waals surface area contributed by atoms with E-state index in [0.717, 1.165) is 12.1 Å². The second kappa shape index (κ2) is 6.27. The van der Waals surface area contributed by atoms with Gasteiger partial charge >= 0.3 is 17.9 Å². The number of aromatic carboxylic acids is 2. The molecule has 0 aromatic carbocycles. The first kappa shape index (κ1) is 15.1. The topological polar surface area (TPSA) is 154 Å². The number of hydrogen-bond donors (Lipinski definition) is 4. The van der Waals surface area contributed by atoms with Crippen molar-refractivity contribution >= 4 is 23.8 Å². The molecule has 0 atom stereocenters. The number of carboxylic acid groups (broad SMARTS) is 3. The Hall–Kier alpha value is -2.97. The minimum Gasteiger partial charge on any atom is -0.481 e. The van der Waals surface area contributed by atoms with Gasteiger partial charge in [-0.25, -0.2) is 14.6 Å². The van der Waals surface area contributed by atoms with Crippen LogP contribution in [0.3, 0.4) is 0 Å². The van der Waals surface area contributed by atoms with Gasteiger partial charge in [0.2, 0.25) is 0 Å². The van der Waals surface area contributed by atoms with Crippen LogP contribution in [0.2, 0.25) is 0 Å². The standard InChI is InChI=1S/C11H10N2O7/c14-8(15)1-2-12-9(16)5-3-6(10(17)18)13-7(4-5)11(19)20/h3-4H,1-2H2,(H,12,16)(H,14,15)(H,17,18)(H,19,20). The molecule has 1 aromatic rings. The number of hydrogen-bond acceptors (Lipinski definition) is 5. The van der Waals surface area contributed by atoms with E-state index in [4.69, 9.17) is 15.3 Å². The number of amides is 1. The first-order valence-electron chi connectivity index (χ1n) is 5.30. The number of carbonyl (C=O) groups excluding carboxylic acids is 1. The van der Waals surface area contributed by atoms with Crippen LogP contribution >= 0.6 is 0 Å². The minimum atomic E-state index is -1.48. The molecule has 0 aliphatic rings. The third-order valence-electron chi connectivity index (χ3n) is 2.15. The second-order valence-corrected chi connectivity index (χ2v) is 3.64. The Morgan fingerprint density at radius 3 is 1.90 bits per heavy atom. The van der Waals surface area contributed by atoms with E-state index in [9.17, 15) is 19.2 Å².